The van der Waals surface area contributed by atoms with Gasteiger partial charge in [0.05, 0.1) is 5.56 Å². The summed E-state index contributed by atoms with van der Waals surface area (Å²) >= 11 is 4.70. The number of nitrogens with one attached hydrogen (secondary N) is 1. The van der Waals surface area contributed by atoms with E-state index < -0.39 is 15.8 Å². The van der Waals surface area contributed by atoms with Crippen LogP contribution in [-0.2, 0) is 17.1 Å². The lowest BCUT2D eigenvalue weighted by atomic mass is 10.2. The lowest BCUT2D eigenvalue weighted by Crippen LogP contribution is -2.21. The van der Waals surface area contributed by atoms with Gasteiger partial charge in [-0.1, -0.05) is 18.3 Å². The van der Waals surface area contributed by atoms with Gasteiger partial charge in [0.2, 0.25) is 0 Å². The molecule has 106 valence electrons. The Morgan fingerprint density at radius 3 is 2.70 bits per heavy atom. The van der Waals surface area contributed by atoms with Crippen LogP contribution in [0.1, 0.15) is 5.56 Å². The molecular formula is C11H11FN4O2S2. The second-order valence-electron chi connectivity index (χ2n) is 3.96. The first kappa shape index (κ1) is 14.4. The zero-order chi connectivity index (χ0) is 14.9. The van der Waals surface area contributed by atoms with E-state index in [-0.39, 0.29) is 21.3 Å². The third-order valence-corrected chi connectivity index (χ3v) is 4.07. The lowest BCUT2D eigenvalue weighted by Gasteiger charge is -2.10. The lowest BCUT2D eigenvalue weighted by molar-refractivity contribution is 0.594. The average Bonchev–Trinajstić information content (AvgIpc) is 2.73. The molecule has 0 saturated heterocycles. The summed E-state index contributed by atoms with van der Waals surface area (Å²) in [6.07, 6.45) is 1.57. The molecule has 0 amide bonds. The smallest absolute Gasteiger partial charge is 0.263 e. The minimum atomic E-state index is -4.03. The molecule has 0 radical (unpaired) electrons. The van der Waals surface area contributed by atoms with Crippen LogP contribution >= 0.6 is 12.2 Å². The Morgan fingerprint density at radius 2 is 2.15 bits per heavy atom. The molecule has 0 aliphatic rings. The van der Waals surface area contributed by atoms with Crippen LogP contribution in [0.25, 0.3) is 0 Å². The van der Waals surface area contributed by atoms with Crippen LogP contribution in [-0.4, -0.2) is 23.2 Å². The molecule has 0 aliphatic heterocycles. The summed E-state index contributed by atoms with van der Waals surface area (Å²) in [6.45, 7) is 0. The maximum atomic E-state index is 13.7. The molecule has 0 atom stereocenters. The molecule has 1 aromatic carbocycles. The maximum Gasteiger partial charge on any atom is 0.263 e. The standard InChI is InChI=1S/C11H11FN4O2S2/c1-16-6-5-9(14-16)15-20(17,18)8-4-2-3-7(12)10(8)11(13)19/h2-6H,1H3,(H2,13,19)(H,14,15). The zero-order valence-corrected chi connectivity index (χ0v) is 12.0. The Kier molecular flexibility index (Phi) is 3.73. The minimum absolute atomic E-state index is 0.116. The Bertz CT molecular complexity index is 770. The topological polar surface area (TPSA) is 90.0 Å². The number of hydrogen-bond donors (Lipinski definition) is 2. The number of nitrogens with two attached hydrogens (primary N) is 1. The van der Waals surface area contributed by atoms with Crippen molar-refractivity contribution in [2.24, 2.45) is 12.8 Å². The van der Waals surface area contributed by atoms with Crippen LogP contribution in [0.5, 0.6) is 0 Å². The van der Waals surface area contributed by atoms with Crippen LogP contribution in [0, 0.1) is 5.82 Å². The molecule has 2 aromatic rings. The van der Waals surface area contributed by atoms with E-state index in [4.69, 9.17) is 18.0 Å². The highest BCUT2D eigenvalue weighted by Gasteiger charge is 2.23. The zero-order valence-electron chi connectivity index (χ0n) is 10.4. The van der Waals surface area contributed by atoms with Crippen molar-refractivity contribution in [3.63, 3.8) is 0 Å². The summed E-state index contributed by atoms with van der Waals surface area (Å²) in [4.78, 5) is -0.653. The van der Waals surface area contributed by atoms with E-state index in [1.54, 1.807) is 13.2 Å². The Labute approximate surface area is 120 Å². The predicted octanol–water partition coefficient (Wildman–Crippen LogP) is 0.994. The van der Waals surface area contributed by atoms with Crippen molar-refractivity contribution in [1.82, 2.24) is 9.78 Å². The first-order chi connectivity index (χ1) is 9.31. The summed E-state index contributed by atoms with van der Waals surface area (Å²) in [5.41, 5.74) is 5.08. The highest BCUT2D eigenvalue weighted by molar-refractivity contribution is 7.93. The van der Waals surface area contributed by atoms with Gasteiger partial charge in [-0.25, -0.2) is 12.8 Å². The number of nitrogens with zero attached hydrogens (tertiary/aromatic N) is 2. The number of anilines is 1. The van der Waals surface area contributed by atoms with Gasteiger partial charge >= 0.3 is 0 Å². The fraction of sp³-hybridized carbons (Fsp3) is 0.0909. The third kappa shape index (κ3) is 2.78. The largest absolute Gasteiger partial charge is 0.389 e. The van der Waals surface area contributed by atoms with Crippen LogP contribution < -0.4 is 10.5 Å². The Morgan fingerprint density at radius 1 is 1.45 bits per heavy atom. The number of rotatable bonds is 4. The molecule has 3 N–H and O–H groups in total. The van der Waals surface area contributed by atoms with E-state index in [9.17, 15) is 12.8 Å². The number of halogens is 1. The maximum absolute atomic E-state index is 13.7. The molecule has 0 aliphatic carbocycles. The van der Waals surface area contributed by atoms with Gasteiger partial charge < -0.3 is 5.73 Å². The fourth-order valence-corrected chi connectivity index (χ4v) is 3.13. The molecule has 20 heavy (non-hydrogen) atoms. The van der Waals surface area contributed by atoms with E-state index >= 15 is 0 Å². The van der Waals surface area contributed by atoms with Gasteiger partial charge in [0.15, 0.2) is 5.82 Å². The van der Waals surface area contributed by atoms with Crippen molar-refractivity contribution in [2.75, 3.05) is 4.72 Å². The van der Waals surface area contributed by atoms with Gasteiger partial charge in [-0.05, 0) is 12.1 Å². The number of hydrogen-bond acceptors (Lipinski definition) is 4. The van der Waals surface area contributed by atoms with Crippen LogP contribution in [0.3, 0.4) is 0 Å². The summed E-state index contributed by atoms with van der Waals surface area (Å²) in [5, 5.41) is 3.89. The molecule has 2 rings (SSSR count). The molecule has 0 bridgehead atoms. The predicted molar refractivity (Wildman–Crippen MR) is 76.3 cm³/mol. The van der Waals surface area contributed by atoms with Crippen molar-refractivity contribution >= 4 is 33.0 Å². The van der Waals surface area contributed by atoms with Crippen molar-refractivity contribution in [3.8, 4) is 0 Å². The first-order valence-corrected chi connectivity index (χ1v) is 7.31. The van der Waals surface area contributed by atoms with E-state index in [0.717, 1.165) is 6.07 Å². The van der Waals surface area contributed by atoms with Crippen molar-refractivity contribution in [2.45, 2.75) is 4.90 Å². The minimum Gasteiger partial charge on any atom is -0.389 e. The number of benzene rings is 1. The van der Waals surface area contributed by atoms with Gasteiger partial charge in [0.25, 0.3) is 10.0 Å². The molecular weight excluding hydrogens is 303 g/mol. The highest BCUT2D eigenvalue weighted by atomic mass is 32.2. The number of sulfonamides is 1. The summed E-state index contributed by atoms with van der Waals surface area (Å²) in [5.74, 6) is -0.674. The highest BCUT2D eigenvalue weighted by Crippen LogP contribution is 2.21. The number of thiocarbonyl (C=S) groups is 1. The summed E-state index contributed by atoms with van der Waals surface area (Å²) in [6, 6.07) is 5.05. The normalized spacial score (nSPS) is 11.3. The second kappa shape index (κ2) is 5.17. The monoisotopic (exact) mass is 314 g/mol. The molecule has 0 spiro atoms. The molecule has 0 unspecified atom stereocenters. The SMILES string of the molecule is Cn1ccc(NS(=O)(=O)c2cccc(F)c2C(N)=S)n1. The van der Waals surface area contributed by atoms with Crippen LogP contribution in [0.15, 0.2) is 35.4 Å². The summed E-state index contributed by atoms with van der Waals surface area (Å²) < 4.78 is 41.9. The van der Waals surface area contributed by atoms with E-state index in [1.807, 2.05) is 0 Å². The summed E-state index contributed by atoms with van der Waals surface area (Å²) in [7, 11) is -2.39. The number of aromatic nitrogens is 2. The van der Waals surface area contributed by atoms with Crippen LogP contribution in [0.2, 0.25) is 0 Å². The van der Waals surface area contributed by atoms with E-state index in [2.05, 4.69) is 9.82 Å². The van der Waals surface area contributed by atoms with Gasteiger partial charge in [-0.2, -0.15) is 5.10 Å². The molecule has 1 aromatic heterocycles. The van der Waals surface area contributed by atoms with Crippen LogP contribution in [0.4, 0.5) is 10.2 Å². The van der Waals surface area contributed by atoms with Crippen molar-refractivity contribution in [1.29, 1.82) is 0 Å². The van der Waals surface area contributed by atoms with Gasteiger partial charge in [0, 0.05) is 19.3 Å². The molecule has 9 heteroatoms. The molecule has 1 heterocycles. The second-order valence-corrected chi connectivity index (χ2v) is 6.05. The molecule has 6 nitrogen and oxygen atoms in total. The van der Waals surface area contributed by atoms with Gasteiger partial charge in [0.1, 0.15) is 15.7 Å². The average molecular weight is 314 g/mol. The van der Waals surface area contributed by atoms with Gasteiger partial charge in [-0.3, -0.25) is 9.40 Å². The van der Waals surface area contributed by atoms with E-state index in [1.165, 1.54) is 22.9 Å². The Balaban J connectivity index is 2.50. The number of aryl methyl sites for hydroxylation is 1. The quantitative estimate of drug-likeness (QED) is 0.822. The first-order valence-electron chi connectivity index (χ1n) is 5.42. The van der Waals surface area contributed by atoms with Gasteiger partial charge in [-0.15, -0.1) is 0 Å². The fourth-order valence-electron chi connectivity index (χ4n) is 1.63. The van der Waals surface area contributed by atoms with E-state index in [0.29, 0.717) is 0 Å². The third-order valence-electron chi connectivity index (χ3n) is 2.46. The van der Waals surface area contributed by atoms with Crippen molar-refractivity contribution < 1.29 is 12.8 Å². The Hall–Kier alpha value is -2.00. The molecule has 0 saturated carbocycles. The van der Waals surface area contributed by atoms with Crippen molar-refractivity contribution in [3.05, 3.63) is 41.8 Å². The molecule has 0 fully saturated rings.